The first kappa shape index (κ1) is 17.2. The lowest BCUT2D eigenvalue weighted by Crippen LogP contribution is -2.42. The Balaban J connectivity index is 1.70. The van der Waals surface area contributed by atoms with E-state index in [-0.39, 0.29) is 0 Å². The maximum atomic E-state index is 5.72. The quantitative estimate of drug-likeness (QED) is 0.335. The average molecular weight is 317 g/mol. The number of nitrogens with zero attached hydrogens (tertiary/aromatic N) is 1. The van der Waals surface area contributed by atoms with Crippen LogP contribution in [0, 0.1) is 0 Å². The van der Waals surface area contributed by atoms with E-state index in [1.807, 2.05) is 24.3 Å². The number of guanidine groups is 1. The summed E-state index contributed by atoms with van der Waals surface area (Å²) in [5.74, 6) is 2.53. The summed E-state index contributed by atoms with van der Waals surface area (Å²) in [7, 11) is 1.66. The molecule has 0 fully saturated rings. The lowest BCUT2D eigenvalue weighted by molar-refractivity contribution is 0.311. The molecule has 1 aliphatic rings. The minimum absolute atomic E-state index is 0.473. The molecule has 0 unspecified atom stereocenters. The van der Waals surface area contributed by atoms with Gasteiger partial charge in [0.15, 0.2) is 5.96 Å². The largest absolute Gasteiger partial charge is 0.497 e. The molecule has 1 aromatic rings. The molecule has 2 N–H and O–H groups in total. The van der Waals surface area contributed by atoms with Crippen molar-refractivity contribution >= 4 is 5.96 Å². The molecule has 0 saturated heterocycles. The monoisotopic (exact) mass is 317 g/mol. The predicted molar refractivity (Wildman–Crippen MR) is 94.4 cm³/mol. The Morgan fingerprint density at radius 3 is 2.78 bits per heavy atom. The minimum Gasteiger partial charge on any atom is -0.497 e. The molecular weight excluding hydrogens is 290 g/mol. The van der Waals surface area contributed by atoms with Crippen molar-refractivity contribution in [2.75, 3.05) is 26.8 Å². The number of benzene rings is 1. The van der Waals surface area contributed by atoms with Gasteiger partial charge in [0.1, 0.15) is 11.5 Å². The smallest absolute Gasteiger partial charge is 0.191 e. The second-order valence-corrected chi connectivity index (χ2v) is 5.43. The Kier molecular flexibility index (Phi) is 7.30. The van der Waals surface area contributed by atoms with Crippen molar-refractivity contribution in [3.05, 3.63) is 36.4 Å². The van der Waals surface area contributed by atoms with E-state index in [0.717, 1.165) is 49.8 Å². The summed E-state index contributed by atoms with van der Waals surface area (Å²) >= 11 is 0. The summed E-state index contributed by atoms with van der Waals surface area (Å²) < 4.78 is 10.9. The van der Waals surface area contributed by atoms with Crippen molar-refractivity contribution < 1.29 is 9.47 Å². The topological polar surface area (TPSA) is 54.9 Å². The van der Waals surface area contributed by atoms with Gasteiger partial charge in [-0.2, -0.15) is 0 Å². The summed E-state index contributed by atoms with van der Waals surface area (Å²) in [6.07, 6.45) is 7.44. The maximum absolute atomic E-state index is 5.72. The molecule has 0 bridgehead atoms. The van der Waals surface area contributed by atoms with E-state index in [1.165, 1.54) is 0 Å². The SMILES string of the molecule is CCNC(=NCCCOc1cccc(OC)c1)NC1CC=CC1. The van der Waals surface area contributed by atoms with E-state index >= 15 is 0 Å². The number of ether oxygens (including phenoxy) is 2. The fourth-order valence-corrected chi connectivity index (χ4v) is 2.38. The standard InChI is InChI=1S/C18H27N3O2/c1-3-19-18(21-15-8-4-5-9-15)20-12-7-13-23-17-11-6-10-16(14-17)22-2/h4-6,10-11,14-15H,3,7-9,12-13H2,1-2H3,(H2,19,20,21). The Morgan fingerprint density at radius 2 is 2.04 bits per heavy atom. The molecule has 0 aromatic heterocycles. The van der Waals surface area contributed by atoms with Crippen LogP contribution in [0.1, 0.15) is 26.2 Å². The first-order valence-corrected chi connectivity index (χ1v) is 8.28. The summed E-state index contributed by atoms with van der Waals surface area (Å²) in [6.45, 7) is 4.32. The van der Waals surface area contributed by atoms with Gasteiger partial charge in [-0.15, -0.1) is 0 Å². The average Bonchev–Trinajstić information content (AvgIpc) is 3.08. The van der Waals surface area contributed by atoms with E-state index in [4.69, 9.17) is 9.47 Å². The van der Waals surface area contributed by atoms with Crippen LogP contribution in [0.5, 0.6) is 11.5 Å². The van der Waals surface area contributed by atoms with E-state index in [2.05, 4.69) is 34.7 Å². The Hall–Kier alpha value is -2.17. The summed E-state index contributed by atoms with van der Waals surface area (Å²) in [5, 5.41) is 6.75. The van der Waals surface area contributed by atoms with E-state index in [9.17, 15) is 0 Å². The molecule has 0 saturated carbocycles. The highest BCUT2D eigenvalue weighted by atomic mass is 16.5. The van der Waals surface area contributed by atoms with E-state index < -0.39 is 0 Å². The molecular formula is C18H27N3O2. The Morgan fingerprint density at radius 1 is 1.26 bits per heavy atom. The van der Waals surface area contributed by atoms with Crippen molar-refractivity contribution in [3.8, 4) is 11.5 Å². The number of rotatable bonds is 8. The van der Waals surface area contributed by atoms with Crippen LogP contribution in [0.3, 0.4) is 0 Å². The van der Waals surface area contributed by atoms with Gasteiger partial charge in [-0.05, 0) is 31.9 Å². The third-order valence-corrected chi connectivity index (χ3v) is 3.58. The number of hydrogen-bond acceptors (Lipinski definition) is 3. The Labute approximate surface area is 138 Å². The van der Waals surface area contributed by atoms with Gasteiger partial charge in [0.2, 0.25) is 0 Å². The third kappa shape index (κ3) is 6.22. The van der Waals surface area contributed by atoms with Gasteiger partial charge in [-0.1, -0.05) is 18.2 Å². The molecule has 5 nitrogen and oxygen atoms in total. The van der Waals surface area contributed by atoms with Crippen LogP contribution >= 0.6 is 0 Å². The number of aliphatic imine (C=N–C) groups is 1. The van der Waals surface area contributed by atoms with Crippen LogP contribution < -0.4 is 20.1 Å². The van der Waals surface area contributed by atoms with Crippen LogP contribution in [0.4, 0.5) is 0 Å². The second-order valence-electron chi connectivity index (χ2n) is 5.43. The maximum Gasteiger partial charge on any atom is 0.191 e. The second kappa shape index (κ2) is 9.77. The molecule has 23 heavy (non-hydrogen) atoms. The molecule has 2 rings (SSSR count). The van der Waals surface area contributed by atoms with Gasteiger partial charge in [0, 0.05) is 31.6 Å². The molecule has 0 amide bonds. The van der Waals surface area contributed by atoms with Crippen LogP contribution in [0.2, 0.25) is 0 Å². The highest BCUT2D eigenvalue weighted by Gasteiger charge is 2.11. The van der Waals surface area contributed by atoms with Crippen molar-refractivity contribution in [2.45, 2.75) is 32.2 Å². The fraction of sp³-hybridized carbons (Fsp3) is 0.500. The van der Waals surface area contributed by atoms with Crippen molar-refractivity contribution in [1.82, 2.24) is 10.6 Å². The van der Waals surface area contributed by atoms with Crippen molar-refractivity contribution in [2.24, 2.45) is 4.99 Å². The molecule has 0 radical (unpaired) electrons. The zero-order valence-electron chi connectivity index (χ0n) is 14.0. The van der Waals surface area contributed by atoms with Crippen LogP contribution in [0.25, 0.3) is 0 Å². The van der Waals surface area contributed by atoms with Gasteiger partial charge >= 0.3 is 0 Å². The lowest BCUT2D eigenvalue weighted by Gasteiger charge is -2.16. The van der Waals surface area contributed by atoms with Crippen molar-refractivity contribution in [3.63, 3.8) is 0 Å². The predicted octanol–water partition coefficient (Wildman–Crippen LogP) is 2.74. The molecule has 0 spiro atoms. The number of nitrogens with one attached hydrogen (secondary N) is 2. The molecule has 5 heteroatoms. The highest BCUT2D eigenvalue weighted by molar-refractivity contribution is 5.80. The fourth-order valence-electron chi connectivity index (χ4n) is 2.38. The van der Waals surface area contributed by atoms with Crippen LogP contribution in [-0.2, 0) is 0 Å². The first-order valence-electron chi connectivity index (χ1n) is 8.28. The van der Waals surface area contributed by atoms with Crippen molar-refractivity contribution in [1.29, 1.82) is 0 Å². The van der Waals surface area contributed by atoms with Gasteiger partial charge in [-0.3, -0.25) is 4.99 Å². The molecule has 126 valence electrons. The van der Waals surface area contributed by atoms with Gasteiger partial charge < -0.3 is 20.1 Å². The lowest BCUT2D eigenvalue weighted by atomic mass is 10.2. The van der Waals surface area contributed by atoms with Gasteiger partial charge in [0.05, 0.1) is 13.7 Å². The normalized spacial score (nSPS) is 14.8. The molecule has 0 atom stereocenters. The van der Waals surface area contributed by atoms with E-state index in [1.54, 1.807) is 7.11 Å². The highest BCUT2D eigenvalue weighted by Crippen LogP contribution is 2.18. The third-order valence-electron chi connectivity index (χ3n) is 3.58. The van der Waals surface area contributed by atoms with Crippen LogP contribution in [-0.4, -0.2) is 38.8 Å². The van der Waals surface area contributed by atoms with Crippen LogP contribution in [0.15, 0.2) is 41.4 Å². The summed E-state index contributed by atoms with van der Waals surface area (Å²) in [4.78, 5) is 4.60. The molecule has 1 aromatic carbocycles. The number of methoxy groups -OCH3 is 1. The first-order chi connectivity index (χ1) is 11.3. The molecule has 0 aliphatic heterocycles. The Bertz CT molecular complexity index is 521. The zero-order chi connectivity index (χ0) is 16.3. The van der Waals surface area contributed by atoms with Gasteiger partial charge in [0.25, 0.3) is 0 Å². The minimum atomic E-state index is 0.473. The number of hydrogen-bond donors (Lipinski definition) is 2. The molecule has 0 heterocycles. The zero-order valence-corrected chi connectivity index (χ0v) is 14.0. The summed E-state index contributed by atoms with van der Waals surface area (Å²) in [6, 6.07) is 8.13. The molecule has 1 aliphatic carbocycles. The van der Waals surface area contributed by atoms with E-state index in [0.29, 0.717) is 12.6 Å². The summed E-state index contributed by atoms with van der Waals surface area (Å²) in [5.41, 5.74) is 0. The van der Waals surface area contributed by atoms with Gasteiger partial charge in [-0.25, -0.2) is 0 Å².